The average molecular weight is 1220 g/mol. The minimum Gasteiger partial charge on any atom is -0.0645 e. The van der Waals surface area contributed by atoms with E-state index in [-0.39, 0.29) is 43.3 Å². The van der Waals surface area contributed by atoms with Gasteiger partial charge < -0.3 is 0 Å². The van der Waals surface area contributed by atoms with Gasteiger partial charge >= 0.3 is 0 Å². The average Bonchev–Trinajstić information content (AvgIpc) is 1.46. The zero-order valence-electron chi connectivity index (χ0n) is 58.7. The van der Waals surface area contributed by atoms with E-state index in [4.69, 9.17) is 0 Å². The van der Waals surface area contributed by atoms with Crippen LogP contribution in [-0.4, -0.2) is 15.8 Å². The molecule has 90 heavy (non-hydrogen) atoms. The van der Waals surface area contributed by atoms with Crippen molar-refractivity contribution in [3.8, 4) is 0 Å². The minimum atomic E-state index is -1.96. The van der Waals surface area contributed by atoms with Crippen LogP contribution in [0.1, 0.15) is 284 Å². The van der Waals surface area contributed by atoms with Crippen molar-refractivity contribution in [2.24, 2.45) is 0 Å². The van der Waals surface area contributed by atoms with Crippen LogP contribution in [0.15, 0.2) is 121 Å². The fourth-order valence-corrected chi connectivity index (χ4v) is 34.3. The quantitative estimate of drug-likeness (QED) is 0.0527. The third-order valence-electron chi connectivity index (χ3n) is 28.9. The lowest BCUT2D eigenvalue weighted by Crippen LogP contribution is -2.58. The molecule has 14 rings (SSSR count). The van der Waals surface area contributed by atoms with Crippen molar-refractivity contribution in [1.29, 1.82) is 0 Å². The SMILES string of the molecule is CCC1(CC)CC(CC)(CC)c2c1cc1c(c2/[Si](c2ccc3ccc4cccc5ccc2c3c45)=[Si](\c2c3c(cc4c2C(CC)(CC)CC4(CC)CC)C(CC)(CC)CC3(CC)CC)c2ccc3ccc4cccc5ccc2c3c45)C(CC)(CC)CC1(CC)CC. The summed E-state index contributed by atoms with van der Waals surface area (Å²) >= 11 is 0. The topological polar surface area (TPSA) is 0 Å². The second kappa shape index (κ2) is 22.2. The van der Waals surface area contributed by atoms with E-state index in [9.17, 15) is 0 Å². The molecule has 0 fully saturated rings. The van der Waals surface area contributed by atoms with Gasteiger partial charge in [-0.25, -0.2) is 0 Å². The van der Waals surface area contributed by atoms with Crippen LogP contribution in [0.5, 0.6) is 0 Å². The minimum absolute atomic E-state index is 0.0465. The molecule has 0 nitrogen and oxygen atoms in total. The van der Waals surface area contributed by atoms with E-state index in [1.165, 1.54) is 182 Å². The first-order valence-corrected chi connectivity index (χ1v) is 41.2. The Balaban J connectivity index is 1.40. The Morgan fingerprint density at radius 1 is 0.244 bits per heavy atom. The van der Waals surface area contributed by atoms with Gasteiger partial charge in [0.15, 0.2) is 0 Å². The standard InChI is InChI=1S/C88H108Si2/c1-17-81(18-2)53-85(25-9,26-10)75-65(81)51-66-76(86(27-11,28-12)54-82(66,19-3)20-4)79(75)89(69-49-45-61-41-39-57-35-33-37-59-43-47-63(69)73(61)71(57)59)90(70-50-46-62-42-40-58-36-34-38-60-44-48-64(70)74(62)72(58)60)80-77-67(83(21-5,22-6)55-87(77,29-13)30-14)52-68-78(80)88(31-15,32-16)56-84(68,23-7)24-8/h33-52H,17-32,53-56H2,1-16H3/b90-89-. The van der Waals surface area contributed by atoms with Crippen molar-refractivity contribution >= 4 is 101 Å². The summed E-state index contributed by atoms with van der Waals surface area (Å²) in [6.07, 6.45) is 24.1. The molecule has 10 aromatic carbocycles. The summed E-state index contributed by atoms with van der Waals surface area (Å²) in [4.78, 5) is 0. The second-order valence-electron chi connectivity index (χ2n) is 30.5. The maximum atomic E-state index is 3.03. The van der Waals surface area contributed by atoms with Gasteiger partial charge in [0.2, 0.25) is 0 Å². The Morgan fingerprint density at radius 3 is 0.689 bits per heavy atom. The van der Waals surface area contributed by atoms with E-state index >= 15 is 0 Å². The highest BCUT2D eigenvalue weighted by molar-refractivity contribution is 7.20. The van der Waals surface area contributed by atoms with Gasteiger partial charge in [-0.3, -0.25) is 0 Å². The third kappa shape index (κ3) is 7.88. The van der Waals surface area contributed by atoms with Gasteiger partial charge in [-0.15, -0.1) is 0 Å². The Hall–Kier alpha value is -5.29. The first kappa shape index (κ1) is 62.2. The summed E-state index contributed by atoms with van der Waals surface area (Å²) in [6.45, 7) is 42.0. The highest BCUT2D eigenvalue weighted by Gasteiger charge is 2.60. The summed E-state index contributed by atoms with van der Waals surface area (Å²) in [5, 5.41) is 24.7. The van der Waals surface area contributed by atoms with Crippen molar-refractivity contribution in [3.05, 3.63) is 166 Å². The van der Waals surface area contributed by atoms with E-state index in [2.05, 4.69) is 232 Å². The van der Waals surface area contributed by atoms with Gasteiger partial charge in [0.1, 0.15) is 0 Å². The molecule has 4 aliphatic carbocycles. The smallest absolute Gasteiger partial charge is 0.0645 e. The summed E-state index contributed by atoms with van der Waals surface area (Å²) < 4.78 is 0. The molecular formula is C88H108Si2. The largest absolute Gasteiger partial charge is 0.0703 e. The Labute approximate surface area is 546 Å². The number of hydrogen-bond acceptors (Lipinski definition) is 0. The fraction of sp³-hybridized carbons (Fsp3) is 0.500. The van der Waals surface area contributed by atoms with Crippen molar-refractivity contribution in [1.82, 2.24) is 0 Å². The van der Waals surface area contributed by atoms with Gasteiger partial charge in [-0.05, 0) is 302 Å². The first-order valence-electron chi connectivity index (χ1n) is 37.2. The molecule has 0 aliphatic heterocycles. The Bertz CT molecular complexity index is 4030. The van der Waals surface area contributed by atoms with Crippen molar-refractivity contribution in [2.75, 3.05) is 0 Å². The van der Waals surface area contributed by atoms with Crippen LogP contribution >= 0.6 is 0 Å². The molecule has 0 unspecified atom stereocenters. The lowest BCUT2D eigenvalue weighted by molar-refractivity contribution is 0.278. The molecule has 0 saturated carbocycles. The summed E-state index contributed by atoms with van der Waals surface area (Å²) in [6, 6.07) is 51.8. The molecule has 0 bridgehead atoms. The molecule has 0 spiro atoms. The molecule has 0 radical (unpaired) electrons. The van der Waals surface area contributed by atoms with Crippen LogP contribution < -0.4 is 20.7 Å². The lowest BCUT2D eigenvalue weighted by atomic mass is 9.70. The van der Waals surface area contributed by atoms with E-state index < -0.39 is 15.8 Å². The fourth-order valence-electron chi connectivity index (χ4n) is 22.7. The van der Waals surface area contributed by atoms with Gasteiger partial charge in [-0.1, -0.05) is 232 Å². The highest BCUT2D eigenvalue weighted by atomic mass is 28.9. The molecule has 0 atom stereocenters. The lowest BCUT2D eigenvalue weighted by Gasteiger charge is -2.39. The van der Waals surface area contributed by atoms with E-state index in [1.807, 2.05) is 32.6 Å². The van der Waals surface area contributed by atoms with Crippen LogP contribution in [0.2, 0.25) is 0 Å². The van der Waals surface area contributed by atoms with Crippen molar-refractivity contribution < 1.29 is 0 Å². The highest BCUT2D eigenvalue weighted by Crippen LogP contribution is 2.65. The Kier molecular flexibility index (Phi) is 15.3. The maximum Gasteiger partial charge on any atom is 0.0703 e. The molecular weight excluding hydrogens is 1110 g/mol. The zero-order chi connectivity index (χ0) is 63.3. The van der Waals surface area contributed by atoms with E-state index in [0.717, 1.165) is 0 Å². The van der Waals surface area contributed by atoms with Crippen molar-refractivity contribution in [3.63, 3.8) is 0 Å². The van der Waals surface area contributed by atoms with Crippen LogP contribution in [0.3, 0.4) is 0 Å². The van der Waals surface area contributed by atoms with Crippen LogP contribution in [0.25, 0.3) is 64.6 Å². The molecule has 468 valence electrons. The maximum absolute atomic E-state index is 3.03. The normalized spacial score (nSPS) is 19.6. The summed E-state index contributed by atoms with van der Waals surface area (Å²) in [5.41, 5.74) is 15.3. The third-order valence-corrected chi connectivity index (χ3v) is 38.0. The van der Waals surface area contributed by atoms with Crippen LogP contribution in [0, 0.1) is 0 Å². The van der Waals surface area contributed by atoms with Gasteiger partial charge in [0.05, 0.1) is 15.8 Å². The monoisotopic (exact) mass is 1220 g/mol. The molecule has 0 aromatic heterocycles. The molecule has 0 N–H and O–H groups in total. The van der Waals surface area contributed by atoms with Crippen molar-refractivity contribution in [2.45, 2.75) is 283 Å². The molecule has 10 aromatic rings. The molecule has 0 heterocycles. The zero-order valence-corrected chi connectivity index (χ0v) is 60.7. The number of fused-ring (bicyclic) bond motifs is 4. The number of benzene rings is 10. The van der Waals surface area contributed by atoms with E-state index in [1.54, 1.807) is 43.4 Å². The van der Waals surface area contributed by atoms with Gasteiger partial charge in [0.25, 0.3) is 0 Å². The second-order valence-corrected chi connectivity index (χ2v) is 37.1. The summed E-state index contributed by atoms with van der Waals surface area (Å²) in [5.74, 6) is 0. The Morgan fingerprint density at radius 2 is 0.456 bits per heavy atom. The van der Waals surface area contributed by atoms with Gasteiger partial charge in [0, 0.05) is 0 Å². The predicted molar refractivity (Wildman–Crippen MR) is 400 cm³/mol. The molecule has 0 saturated heterocycles. The molecule has 4 aliphatic rings. The molecule has 2 heteroatoms. The molecule has 0 amide bonds. The van der Waals surface area contributed by atoms with E-state index in [0.29, 0.717) is 0 Å². The predicted octanol–water partition coefficient (Wildman–Crippen LogP) is 22.6. The van der Waals surface area contributed by atoms with Crippen LogP contribution in [-0.2, 0) is 43.3 Å². The number of hydrogen-bond donors (Lipinski definition) is 0. The first-order chi connectivity index (χ1) is 43.6. The number of rotatable bonds is 20. The van der Waals surface area contributed by atoms with Crippen LogP contribution in [0.4, 0.5) is 0 Å². The summed E-state index contributed by atoms with van der Waals surface area (Å²) in [7, 11) is -3.92. The van der Waals surface area contributed by atoms with Gasteiger partial charge in [-0.2, -0.15) is 0 Å².